The zero-order valence-corrected chi connectivity index (χ0v) is 13.4. The lowest BCUT2D eigenvalue weighted by Gasteiger charge is -2.04. The topological polar surface area (TPSA) is 104 Å². The van der Waals surface area contributed by atoms with Gasteiger partial charge in [-0.05, 0) is 6.07 Å². The summed E-state index contributed by atoms with van der Waals surface area (Å²) >= 11 is 0. The van der Waals surface area contributed by atoms with Crippen molar-refractivity contribution in [2.24, 2.45) is 0 Å². The van der Waals surface area contributed by atoms with Gasteiger partial charge in [0.15, 0.2) is 5.76 Å². The number of nitrogens with zero attached hydrogens (tertiary/aromatic N) is 4. The van der Waals surface area contributed by atoms with Gasteiger partial charge in [-0.2, -0.15) is 0 Å². The molecule has 2 heterocycles. The SMILES string of the molecule is O=c1c2ccc([N+](=O)[O-])cc2ncn1Cc1ncc(-c2ccccc2)o1. The first-order chi connectivity index (χ1) is 12.6. The molecule has 2 aromatic carbocycles. The maximum atomic E-state index is 12.6. The van der Waals surface area contributed by atoms with E-state index >= 15 is 0 Å². The number of nitro benzene ring substituents is 1. The van der Waals surface area contributed by atoms with Crippen LogP contribution >= 0.6 is 0 Å². The first kappa shape index (κ1) is 15.7. The summed E-state index contributed by atoms with van der Waals surface area (Å²) in [6, 6.07) is 13.5. The molecule has 0 saturated carbocycles. The molecular formula is C18H12N4O4. The fourth-order valence-electron chi connectivity index (χ4n) is 2.64. The molecule has 0 saturated heterocycles. The van der Waals surface area contributed by atoms with Crippen LogP contribution in [0.3, 0.4) is 0 Å². The number of rotatable bonds is 4. The first-order valence-corrected chi connectivity index (χ1v) is 7.75. The van der Waals surface area contributed by atoms with Crippen LogP contribution in [0.25, 0.3) is 22.2 Å². The average Bonchev–Trinajstić information content (AvgIpc) is 3.13. The Kier molecular flexibility index (Phi) is 3.77. The Hall–Kier alpha value is -3.81. The standard InChI is InChI=1S/C18H12N4O4/c23-18-14-7-6-13(22(24)25)8-15(14)20-11-21(18)10-17-19-9-16(26-17)12-4-2-1-3-5-12/h1-9,11H,10H2. The van der Waals surface area contributed by atoms with E-state index in [1.54, 1.807) is 6.20 Å². The summed E-state index contributed by atoms with van der Waals surface area (Å²) in [5.74, 6) is 0.979. The Labute approximate surface area is 146 Å². The first-order valence-electron chi connectivity index (χ1n) is 7.75. The molecule has 0 N–H and O–H groups in total. The van der Waals surface area contributed by atoms with Crippen LogP contribution in [0.4, 0.5) is 5.69 Å². The van der Waals surface area contributed by atoms with Crippen molar-refractivity contribution in [2.75, 3.05) is 0 Å². The van der Waals surface area contributed by atoms with Crippen molar-refractivity contribution in [3.63, 3.8) is 0 Å². The molecule has 0 bridgehead atoms. The summed E-state index contributed by atoms with van der Waals surface area (Å²) in [5, 5.41) is 11.1. The smallest absolute Gasteiger partial charge is 0.271 e. The van der Waals surface area contributed by atoms with Crippen LogP contribution in [0, 0.1) is 10.1 Å². The van der Waals surface area contributed by atoms with Gasteiger partial charge in [-0.15, -0.1) is 0 Å². The molecule has 0 aliphatic heterocycles. The van der Waals surface area contributed by atoms with E-state index in [1.165, 1.54) is 29.1 Å². The van der Waals surface area contributed by atoms with Crippen molar-refractivity contribution in [2.45, 2.75) is 6.54 Å². The maximum Gasteiger partial charge on any atom is 0.271 e. The fourth-order valence-corrected chi connectivity index (χ4v) is 2.64. The molecule has 8 nitrogen and oxygen atoms in total. The van der Waals surface area contributed by atoms with Crippen LogP contribution in [0.15, 0.2) is 70.3 Å². The Morgan fingerprint density at radius 3 is 2.69 bits per heavy atom. The number of hydrogen-bond donors (Lipinski definition) is 0. The molecule has 0 spiro atoms. The van der Waals surface area contributed by atoms with Crippen LogP contribution in [0.1, 0.15) is 5.89 Å². The summed E-state index contributed by atoms with van der Waals surface area (Å²) in [5.41, 5.74) is 0.743. The minimum Gasteiger partial charge on any atom is -0.439 e. The Morgan fingerprint density at radius 2 is 1.92 bits per heavy atom. The van der Waals surface area contributed by atoms with Gasteiger partial charge < -0.3 is 4.42 Å². The van der Waals surface area contributed by atoms with Crippen molar-refractivity contribution in [1.29, 1.82) is 0 Å². The lowest BCUT2D eigenvalue weighted by atomic mass is 10.2. The quantitative estimate of drug-likeness (QED) is 0.415. The third kappa shape index (κ3) is 2.84. The number of benzene rings is 2. The Morgan fingerprint density at radius 1 is 1.12 bits per heavy atom. The molecule has 26 heavy (non-hydrogen) atoms. The van der Waals surface area contributed by atoms with Crippen molar-refractivity contribution in [3.05, 3.63) is 87.4 Å². The molecule has 4 aromatic rings. The predicted molar refractivity (Wildman–Crippen MR) is 93.7 cm³/mol. The molecule has 128 valence electrons. The number of fused-ring (bicyclic) bond motifs is 1. The van der Waals surface area contributed by atoms with E-state index in [2.05, 4.69) is 9.97 Å². The molecule has 0 atom stereocenters. The minimum atomic E-state index is -0.523. The van der Waals surface area contributed by atoms with E-state index in [1.807, 2.05) is 30.3 Å². The van der Waals surface area contributed by atoms with Crippen LogP contribution in [-0.4, -0.2) is 19.5 Å². The Balaban J connectivity index is 1.67. The average molecular weight is 348 g/mol. The molecule has 0 aliphatic rings. The molecule has 0 aliphatic carbocycles. The largest absolute Gasteiger partial charge is 0.439 e. The Bertz CT molecular complexity index is 1160. The normalized spacial score (nSPS) is 10.9. The zero-order valence-electron chi connectivity index (χ0n) is 13.4. The number of hydrogen-bond acceptors (Lipinski definition) is 6. The highest BCUT2D eigenvalue weighted by atomic mass is 16.6. The highest BCUT2D eigenvalue weighted by Gasteiger charge is 2.12. The molecule has 0 amide bonds. The lowest BCUT2D eigenvalue weighted by molar-refractivity contribution is -0.384. The van der Waals surface area contributed by atoms with Gasteiger partial charge in [0.1, 0.15) is 6.54 Å². The molecule has 2 aromatic heterocycles. The maximum absolute atomic E-state index is 12.6. The summed E-state index contributed by atoms with van der Waals surface area (Å²) < 4.78 is 7.06. The van der Waals surface area contributed by atoms with E-state index in [-0.39, 0.29) is 23.3 Å². The second-order valence-corrected chi connectivity index (χ2v) is 5.62. The third-order valence-electron chi connectivity index (χ3n) is 3.94. The molecule has 0 radical (unpaired) electrons. The summed E-state index contributed by atoms with van der Waals surface area (Å²) in [6.45, 7) is 0.117. The molecular weight excluding hydrogens is 336 g/mol. The van der Waals surface area contributed by atoms with E-state index in [4.69, 9.17) is 4.42 Å². The van der Waals surface area contributed by atoms with Crippen molar-refractivity contribution in [1.82, 2.24) is 14.5 Å². The summed E-state index contributed by atoms with van der Waals surface area (Å²) in [4.78, 5) is 31.2. The minimum absolute atomic E-state index is 0.109. The van der Waals surface area contributed by atoms with E-state index < -0.39 is 4.92 Å². The third-order valence-corrected chi connectivity index (χ3v) is 3.94. The predicted octanol–water partition coefficient (Wildman–Crippen LogP) is 3.01. The van der Waals surface area contributed by atoms with Gasteiger partial charge in [0.05, 0.1) is 28.4 Å². The summed E-state index contributed by atoms with van der Waals surface area (Å²) in [7, 11) is 0. The van der Waals surface area contributed by atoms with Gasteiger partial charge in [0, 0.05) is 17.7 Å². The molecule has 0 unspecified atom stereocenters. The van der Waals surface area contributed by atoms with Gasteiger partial charge >= 0.3 is 0 Å². The van der Waals surface area contributed by atoms with Crippen LogP contribution in [0.5, 0.6) is 0 Å². The molecule has 8 heteroatoms. The number of aromatic nitrogens is 3. The number of oxazole rings is 1. The van der Waals surface area contributed by atoms with Gasteiger partial charge in [-0.1, -0.05) is 30.3 Å². The van der Waals surface area contributed by atoms with E-state index in [0.29, 0.717) is 17.0 Å². The lowest BCUT2D eigenvalue weighted by Crippen LogP contribution is -2.21. The number of non-ortho nitro benzene ring substituents is 1. The highest BCUT2D eigenvalue weighted by molar-refractivity contribution is 5.79. The summed E-state index contributed by atoms with van der Waals surface area (Å²) in [6.07, 6.45) is 2.94. The molecule has 0 fully saturated rings. The van der Waals surface area contributed by atoms with Crippen LogP contribution < -0.4 is 5.56 Å². The van der Waals surface area contributed by atoms with Gasteiger partial charge in [0.2, 0.25) is 5.89 Å². The van der Waals surface area contributed by atoms with Crippen molar-refractivity contribution >= 4 is 16.6 Å². The van der Waals surface area contributed by atoms with E-state index in [0.717, 1.165) is 5.56 Å². The van der Waals surface area contributed by atoms with Crippen molar-refractivity contribution in [3.8, 4) is 11.3 Å². The fraction of sp³-hybridized carbons (Fsp3) is 0.0556. The second-order valence-electron chi connectivity index (χ2n) is 5.62. The van der Waals surface area contributed by atoms with Gasteiger partial charge in [0.25, 0.3) is 11.2 Å². The number of nitro groups is 1. The van der Waals surface area contributed by atoms with Crippen molar-refractivity contribution < 1.29 is 9.34 Å². The van der Waals surface area contributed by atoms with Gasteiger partial charge in [-0.3, -0.25) is 19.5 Å². The molecule has 4 rings (SSSR count). The monoisotopic (exact) mass is 348 g/mol. The zero-order chi connectivity index (χ0) is 18.1. The second kappa shape index (κ2) is 6.25. The van der Waals surface area contributed by atoms with Crippen LogP contribution in [-0.2, 0) is 6.54 Å². The highest BCUT2D eigenvalue weighted by Crippen LogP contribution is 2.20. The van der Waals surface area contributed by atoms with Gasteiger partial charge in [-0.25, -0.2) is 9.97 Å². The van der Waals surface area contributed by atoms with Crippen LogP contribution in [0.2, 0.25) is 0 Å². The van der Waals surface area contributed by atoms with E-state index in [9.17, 15) is 14.9 Å².